The van der Waals surface area contributed by atoms with Crippen LogP contribution in [0.5, 0.6) is 0 Å². The fraction of sp³-hybridized carbons (Fsp3) is 0.357. The quantitative estimate of drug-likeness (QED) is 0.704. The number of ether oxygens (including phenoxy) is 1. The number of carbonyl (C=O) groups is 1. The first-order chi connectivity index (χ1) is 8.31. The lowest BCUT2D eigenvalue weighted by atomic mass is 9.98. The number of esters is 1. The van der Waals surface area contributed by atoms with E-state index in [-0.39, 0.29) is 5.97 Å². The normalized spacial score (nSPS) is 14.6. The van der Waals surface area contributed by atoms with Crippen LogP contribution in [0.3, 0.4) is 0 Å². The van der Waals surface area contributed by atoms with E-state index in [2.05, 4.69) is 10.5 Å². The second kappa shape index (κ2) is 3.91. The van der Waals surface area contributed by atoms with Crippen molar-refractivity contribution in [3.05, 3.63) is 41.2 Å². The van der Waals surface area contributed by atoms with E-state index in [4.69, 9.17) is 4.74 Å². The summed E-state index contributed by atoms with van der Waals surface area (Å²) in [6.45, 7) is 0. The summed E-state index contributed by atoms with van der Waals surface area (Å²) in [5.41, 5.74) is 4.38. The standard InChI is InChI=1S/C14H15NO2/c1-17-14(16)11-6-4-8-15-12-7-3-2-5-10(12)9-13(11)15/h4,6,8-9H,2-3,5,7H2,1H3. The fourth-order valence-electron chi connectivity index (χ4n) is 2.69. The minimum atomic E-state index is -0.259. The predicted octanol–water partition coefficient (Wildman–Crippen LogP) is 2.60. The number of hydrogen-bond acceptors (Lipinski definition) is 2. The summed E-state index contributed by atoms with van der Waals surface area (Å²) in [6.07, 6.45) is 6.75. The van der Waals surface area contributed by atoms with Crippen molar-refractivity contribution in [2.24, 2.45) is 0 Å². The highest BCUT2D eigenvalue weighted by Gasteiger charge is 2.18. The average molecular weight is 229 g/mol. The maximum absolute atomic E-state index is 11.7. The SMILES string of the molecule is COC(=O)c1cccn2c3c(cc12)CCCC3. The summed E-state index contributed by atoms with van der Waals surface area (Å²) in [4.78, 5) is 11.7. The Hall–Kier alpha value is -1.77. The predicted molar refractivity (Wildman–Crippen MR) is 65.4 cm³/mol. The van der Waals surface area contributed by atoms with Crippen molar-refractivity contribution < 1.29 is 9.53 Å². The molecule has 2 aromatic heterocycles. The van der Waals surface area contributed by atoms with Gasteiger partial charge in [0, 0.05) is 11.9 Å². The molecule has 0 saturated heterocycles. The Kier molecular flexibility index (Phi) is 2.39. The molecule has 0 radical (unpaired) electrons. The molecule has 0 N–H and O–H groups in total. The Bertz CT molecular complexity index is 583. The number of rotatable bonds is 1. The monoisotopic (exact) mass is 229 g/mol. The van der Waals surface area contributed by atoms with E-state index in [1.54, 1.807) is 0 Å². The van der Waals surface area contributed by atoms with Crippen LogP contribution in [-0.2, 0) is 17.6 Å². The first-order valence-electron chi connectivity index (χ1n) is 6.01. The van der Waals surface area contributed by atoms with E-state index in [0.717, 1.165) is 18.4 Å². The lowest BCUT2D eigenvalue weighted by Crippen LogP contribution is -2.05. The summed E-state index contributed by atoms with van der Waals surface area (Å²) in [5.74, 6) is -0.259. The Morgan fingerprint density at radius 3 is 3.00 bits per heavy atom. The van der Waals surface area contributed by atoms with Gasteiger partial charge >= 0.3 is 5.97 Å². The van der Waals surface area contributed by atoms with Gasteiger partial charge in [0.25, 0.3) is 0 Å². The van der Waals surface area contributed by atoms with Crippen molar-refractivity contribution >= 4 is 11.5 Å². The first-order valence-corrected chi connectivity index (χ1v) is 6.01. The van der Waals surface area contributed by atoms with Gasteiger partial charge in [-0.05, 0) is 49.4 Å². The van der Waals surface area contributed by atoms with Crippen molar-refractivity contribution in [1.82, 2.24) is 4.40 Å². The van der Waals surface area contributed by atoms with E-state index in [1.165, 1.54) is 31.2 Å². The number of fused-ring (bicyclic) bond motifs is 3. The van der Waals surface area contributed by atoms with Crippen LogP contribution in [0.25, 0.3) is 5.52 Å². The molecule has 2 heterocycles. The minimum Gasteiger partial charge on any atom is -0.465 e. The minimum absolute atomic E-state index is 0.259. The smallest absolute Gasteiger partial charge is 0.339 e. The molecule has 0 aliphatic heterocycles. The Morgan fingerprint density at radius 1 is 1.35 bits per heavy atom. The van der Waals surface area contributed by atoms with Crippen LogP contribution in [0.15, 0.2) is 24.4 Å². The average Bonchev–Trinajstić information content (AvgIpc) is 2.76. The molecule has 0 atom stereocenters. The number of carbonyl (C=O) groups excluding carboxylic acids is 1. The maximum Gasteiger partial charge on any atom is 0.339 e. The third-order valence-electron chi connectivity index (χ3n) is 3.52. The number of pyridine rings is 1. The van der Waals surface area contributed by atoms with Gasteiger partial charge in [-0.2, -0.15) is 0 Å². The van der Waals surface area contributed by atoms with Crippen LogP contribution >= 0.6 is 0 Å². The zero-order chi connectivity index (χ0) is 11.8. The zero-order valence-corrected chi connectivity index (χ0v) is 9.90. The molecule has 3 nitrogen and oxygen atoms in total. The topological polar surface area (TPSA) is 30.7 Å². The highest BCUT2D eigenvalue weighted by atomic mass is 16.5. The molecular formula is C14H15NO2. The first kappa shape index (κ1) is 10.4. The molecular weight excluding hydrogens is 214 g/mol. The molecule has 0 amide bonds. The summed E-state index contributed by atoms with van der Waals surface area (Å²) in [5, 5.41) is 0. The van der Waals surface area contributed by atoms with Crippen LogP contribution < -0.4 is 0 Å². The van der Waals surface area contributed by atoms with Gasteiger partial charge in [0.05, 0.1) is 18.2 Å². The summed E-state index contributed by atoms with van der Waals surface area (Å²) < 4.78 is 6.96. The van der Waals surface area contributed by atoms with Crippen molar-refractivity contribution in [2.45, 2.75) is 25.7 Å². The van der Waals surface area contributed by atoms with Gasteiger partial charge in [0.15, 0.2) is 0 Å². The zero-order valence-electron chi connectivity index (χ0n) is 9.90. The van der Waals surface area contributed by atoms with Crippen LogP contribution in [0, 0.1) is 0 Å². The highest BCUT2D eigenvalue weighted by molar-refractivity contribution is 5.97. The molecule has 2 aromatic rings. The summed E-state index contributed by atoms with van der Waals surface area (Å²) in [7, 11) is 1.43. The van der Waals surface area contributed by atoms with Crippen LogP contribution in [0.2, 0.25) is 0 Å². The third-order valence-corrected chi connectivity index (χ3v) is 3.52. The van der Waals surface area contributed by atoms with Gasteiger partial charge < -0.3 is 9.14 Å². The number of aromatic nitrogens is 1. The molecule has 1 aliphatic rings. The molecule has 0 spiro atoms. The van der Waals surface area contributed by atoms with Crippen LogP contribution in [0.1, 0.15) is 34.5 Å². The van der Waals surface area contributed by atoms with Gasteiger partial charge in [-0.3, -0.25) is 0 Å². The lowest BCUT2D eigenvalue weighted by Gasteiger charge is -2.11. The number of hydrogen-bond donors (Lipinski definition) is 0. The highest BCUT2D eigenvalue weighted by Crippen LogP contribution is 2.27. The second-order valence-corrected chi connectivity index (χ2v) is 4.49. The van der Waals surface area contributed by atoms with Crippen molar-refractivity contribution in [3.8, 4) is 0 Å². The number of aryl methyl sites for hydroxylation is 2. The Labute approximate surface area is 100 Å². The lowest BCUT2D eigenvalue weighted by molar-refractivity contribution is 0.0602. The van der Waals surface area contributed by atoms with Crippen LogP contribution in [0.4, 0.5) is 0 Å². The van der Waals surface area contributed by atoms with E-state index in [9.17, 15) is 4.79 Å². The van der Waals surface area contributed by atoms with E-state index < -0.39 is 0 Å². The molecule has 0 aromatic carbocycles. The van der Waals surface area contributed by atoms with Gasteiger partial charge in [-0.25, -0.2) is 4.79 Å². The molecule has 1 aliphatic carbocycles. The molecule has 0 bridgehead atoms. The molecule has 0 saturated carbocycles. The molecule has 88 valence electrons. The fourth-order valence-corrected chi connectivity index (χ4v) is 2.69. The van der Waals surface area contributed by atoms with Crippen molar-refractivity contribution in [1.29, 1.82) is 0 Å². The van der Waals surface area contributed by atoms with E-state index in [1.807, 2.05) is 18.3 Å². The molecule has 3 rings (SSSR count). The number of methoxy groups -OCH3 is 1. The summed E-state index contributed by atoms with van der Waals surface area (Å²) in [6, 6.07) is 5.88. The van der Waals surface area contributed by atoms with Gasteiger partial charge in [-0.15, -0.1) is 0 Å². The van der Waals surface area contributed by atoms with Crippen molar-refractivity contribution in [2.75, 3.05) is 7.11 Å². The molecule has 3 heteroatoms. The second-order valence-electron chi connectivity index (χ2n) is 4.49. The van der Waals surface area contributed by atoms with Gasteiger partial charge in [0.2, 0.25) is 0 Å². The molecule has 0 fully saturated rings. The largest absolute Gasteiger partial charge is 0.465 e. The maximum atomic E-state index is 11.7. The van der Waals surface area contributed by atoms with E-state index in [0.29, 0.717) is 5.56 Å². The summed E-state index contributed by atoms with van der Waals surface area (Å²) >= 11 is 0. The Morgan fingerprint density at radius 2 is 2.18 bits per heavy atom. The van der Waals surface area contributed by atoms with Gasteiger partial charge in [0.1, 0.15) is 0 Å². The third kappa shape index (κ3) is 1.54. The van der Waals surface area contributed by atoms with Gasteiger partial charge in [-0.1, -0.05) is 0 Å². The van der Waals surface area contributed by atoms with Crippen LogP contribution in [-0.4, -0.2) is 17.5 Å². The molecule has 0 unspecified atom stereocenters. The molecule has 17 heavy (non-hydrogen) atoms. The van der Waals surface area contributed by atoms with E-state index >= 15 is 0 Å². The number of nitrogens with zero attached hydrogens (tertiary/aromatic N) is 1. The van der Waals surface area contributed by atoms with Crippen molar-refractivity contribution in [3.63, 3.8) is 0 Å². The Balaban J connectivity index is 2.26.